The maximum absolute atomic E-state index is 13.1. The number of rotatable bonds is 10. The summed E-state index contributed by atoms with van der Waals surface area (Å²) in [6.45, 7) is 0.415. The maximum Gasteiger partial charge on any atom is 0.338 e. The molecule has 5 rings (SSSR count). The summed E-state index contributed by atoms with van der Waals surface area (Å²) in [5.41, 5.74) is 2.70. The molecule has 7 nitrogen and oxygen atoms in total. The Bertz CT molecular complexity index is 1270. The van der Waals surface area contributed by atoms with Gasteiger partial charge in [0.05, 0.1) is 24.8 Å². The number of thioether (sulfide) groups is 1. The number of esters is 1. The fourth-order valence-electron chi connectivity index (χ4n) is 5.50. The van der Waals surface area contributed by atoms with Gasteiger partial charge in [0.1, 0.15) is 11.9 Å². The lowest BCUT2D eigenvalue weighted by atomic mass is 9.90. The summed E-state index contributed by atoms with van der Waals surface area (Å²) >= 11 is 1.27. The lowest BCUT2D eigenvalue weighted by molar-refractivity contribution is -0.304. The van der Waals surface area contributed by atoms with Gasteiger partial charge in [-0.05, 0) is 48.2 Å². The molecule has 40 heavy (non-hydrogen) atoms. The van der Waals surface area contributed by atoms with Crippen LogP contribution in [0.25, 0.3) is 0 Å². The van der Waals surface area contributed by atoms with E-state index in [-0.39, 0.29) is 23.4 Å². The number of hydrogen-bond donors (Lipinski definition) is 0. The first kappa shape index (κ1) is 28.2. The van der Waals surface area contributed by atoms with Crippen LogP contribution in [0.5, 0.6) is 5.75 Å². The molecule has 0 aliphatic carbocycles. The molecule has 4 atom stereocenters. The average Bonchev–Trinajstić information content (AvgIpc) is 3.37. The van der Waals surface area contributed by atoms with E-state index in [0.29, 0.717) is 30.7 Å². The summed E-state index contributed by atoms with van der Waals surface area (Å²) in [6.07, 6.45) is 1.81. The van der Waals surface area contributed by atoms with Crippen LogP contribution in [-0.2, 0) is 27.2 Å². The Kier molecular flexibility index (Phi) is 9.09. The van der Waals surface area contributed by atoms with Crippen molar-refractivity contribution >= 4 is 23.0 Å². The van der Waals surface area contributed by atoms with Gasteiger partial charge in [-0.25, -0.2) is 4.79 Å². The number of benzene rings is 3. The predicted molar refractivity (Wildman–Crippen MR) is 154 cm³/mol. The molecular formula is C32H35NO6S. The molecule has 3 aromatic carbocycles. The summed E-state index contributed by atoms with van der Waals surface area (Å²) in [6, 6.07) is 26.6. The van der Waals surface area contributed by atoms with E-state index in [2.05, 4.69) is 12.1 Å². The van der Waals surface area contributed by atoms with Gasteiger partial charge in [-0.2, -0.15) is 0 Å². The van der Waals surface area contributed by atoms with Gasteiger partial charge >= 0.3 is 5.97 Å². The molecular weight excluding hydrogens is 526 g/mol. The van der Waals surface area contributed by atoms with Crippen LogP contribution in [0.1, 0.15) is 40.7 Å². The molecule has 0 N–H and O–H groups in total. The van der Waals surface area contributed by atoms with E-state index in [9.17, 15) is 9.59 Å². The van der Waals surface area contributed by atoms with Crippen LogP contribution < -0.4 is 4.74 Å². The Hall–Kier alpha value is -3.33. The molecule has 0 aromatic heterocycles. The highest BCUT2D eigenvalue weighted by molar-refractivity contribution is 8.13. The third-order valence-electron chi connectivity index (χ3n) is 7.63. The normalized spacial score (nSPS) is 24.6. The monoisotopic (exact) mass is 561 g/mol. The van der Waals surface area contributed by atoms with Crippen LogP contribution >= 0.6 is 11.8 Å². The van der Waals surface area contributed by atoms with Crippen LogP contribution in [0, 0.1) is 0 Å². The molecule has 1 unspecified atom stereocenters. The maximum atomic E-state index is 13.1. The van der Waals surface area contributed by atoms with E-state index in [1.807, 2.05) is 65.6 Å². The van der Waals surface area contributed by atoms with Gasteiger partial charge in [0.15, 0.2) is 5.79 Å². The van der Waals surface area contributed by atoms with Crippen LogP contribution in [-0.4, -0.2) is 60.1 Å². The number of amides is 1. The zero-order valence-corrected chi connectivity index (χ0v) is 23.7. The number of methoxy groups -OCH3 is 2. The third-order valence-corrected chi connectivity index (χ3v) is 8.59. The van der Waals surface area contributed by atoms with Crippen molar-refractivity contribution in [1.82, 2.24) is 4.90 Å². The van der Waals surface area contributed by atoms with Crippen molar-refractivity contribution in [3.63, 3.8) is 0 Å². The number of carbonyl (C=O) groups is 2. The molecule has 8 heteroatoms. The molecule has 0 saturated carbocycles. The third kappa shape index (κ3) is 6.52. The van der Waals surface area contributed by atoms with Crippen LogP contribution in [0.3, 0.4) is 0 Å². The minimum atomic E-state index is -1.12. The minimum Gasteiger partial charge on any atom is -0.497 e. The first-order valence-corrected chi connectivity index (χ1v) is 14.6. The molecule has 1 amide bonds. The van der Waals surface area contributed by atoms with Gasteiger partial charge in [0.25, 0.3) is 5.24 Å². The number of ether oxygens (including phenoxy) is 4. The molecule has 2 aliphatic rings. The standard InChI is InChI=1S/C32H35NO6S/c1-36-26-16-14-24(15-17-26)21-33-29(22-40-31(33)35)32(37-2)20-28(38-30(34)25-11-7-4-8-12-25)19-27(39-32)18-13-23-9-5-3-6-10-23/h3-12,14-17,27-29H,13,18-22H2,1-2H3/t27-,28?,29+,32-/m1/s1. The Labute approximate surface area is 239 Å². The molecule has 3 aromatic rings. The van der Waals surface area contributed by atoms with Gasteiger partial charge in [-0.3, -0.25) is 4.79 Å². The largest absolute Gasteiger partial charge is 0.497 e. The fourth-order valence-corrected chi connectivity index (χ4v) is 6.60. The van der Waals surface area contributed by atoms with Crippen molar-refractivity contribution in [3.8, 4) is 5.75 Å². The number of nitrogens with zero attached hydrogens (tertiary/aromatic N) is 1. The summed E-state index contributed by atoms with van der Waals surface area (Å²) in [5.74, 6) is -0.206. The molecule has 2 fully saturated rings. The highest BCUT2D eigenvalue weighted by atomic mass is 32.2. The Morgan fingerprint density at radius 1 is 0.975 bits per heavy atom. The van der Waals surface area contributed by atoms with Crippen LogP contribution in [0.4, 0.5) is 4.79 Å². The van der Waals surface area contributed by atoms with Crippen LogP contribution in [0.2, 0.25) is 0 Å². The van der Waals surface area contributed by atoms with Crippen molar-refractivity contribution in [3.05, 3.63) is 102 Å². The molecule has 2 aliphatic heterocycles. The van der Waals surface area contributed by atoms with Crippen molar-refractivity contribution in [1.29, 1.82) is 0 Å². The van der Waals surface area contributed by atoms with E-state index >= 15 is 0 Å². The summed E-state index contributed by atoms with van der Waals surface area (Å²) < 4.78 is 24.3. The van der Waals surface area contributed by atoms with Crippen molar-refractivity contribution in [2.45, 2.75) is 56.3 Å². The fraction of sp³-hybridized carbons (Fsp3) is 0.375. The topological polar surface area (TPSA) is 74.3 Å². The highest BCUT2D eigenvalue weighted by Gasteiger charge is 2.54. The Balaban J connectivity index is 1.39. The van der Waals surface area contributed by atoms with Gasteiger partial charge in [0.2, 0.25) is 0 Å². The zero-order valence-electron chi connectivity index (χ0n) is 22.9. The van der Waals surface area contributed by atoms with E-state index in [0.717, 1.165) is 24.2 Å². The first-order chi connectivity index (χ1) is 19.5. The lowest BCUT2D eigenvalue weighted by Gasteiger charge is -2.48. The summed E-state index contributed by atoms with van der Waals surface area (Å²) in [7, 11) is 3.25. The second-order valence-electron chi connectivity index (χ2n) is 10.2. The minimum absolute atomic E-state index is 0.0231. The molecule has 2 heterocycles. The predicted octanol–water partition coefficient (Wildman–Crippen LogP) is 6.11. The quantitative estimate of drug-likeness (QED) is 0.277. The van der Waals surface area contributed by atoms with Gasteiger partial charge in [-0.1, -0.05) is 72.4 Å². The number of hydrogen-bond acceptors (Lipinski definition) is 7. The SMILES string of the molecule is COc1ccc(CN2C(=O)SC[C@H]2[C@@]2(OC)CC(OC(=O)c3ccccc3)C[C@@H](CCc3ccccc3)O2)cc1. The molecule has 0 radical (unpaired) electrons. The van der Waals surface area contributed by atoms with Crippen molar-refractivity contribution in [2.24, 2.45) is 0 Å². The first-order valence-electron chi connectivity index (χ1n) is 13.6. The lowest BCUT2D eigenvalue weighted by Crippen LogP contribution is -2.60. The number of aryl methyl sites for hydroxylation is 1. The van der Waals surface area contributed by atoms with E-state index in [4.69, 9.17) is 18.9 Å². The Morgan fingerprint density at radius 2 is 1.68 bits per heavy atom. The average molecular weight is 562 g/mol. The van der Waals surface area contributed by atoms with Crippen LogP contribution in [0.15, 0.2) is 84.9 Å². The zero-order chi connectivity index (χ0) is 28.0. The highest BCUT2D eigenvalue weighted by Crippen LogP contribution is 2.43. The van der Waals surface area contributed by atoms with E-state index < -0.39 is 11.9 Å². The second-order valence-corrected chi connectivity index (χ2v) is 11.2. The summed E-state index contributed by atoms with van der Waals surface area (Å²) in [4.78, 5) is 28.0. The second kappa shape index (κ2) is 12.9. The van der Waals surface area contributed by atoms with Gasteiger partial charge < -0.3 is 23.8 Å². The van der Waals surface area contributed by atoms with Gasteiger partial charge in [-0.15, -0.1) is 0 Å². The Morgan fingerprint density at radius 3 is 2.35 bits per heavy atom. The molecule has 210 valence electrons. The molecule has 0 bridgehead atoms. The van der Waals surface area contributed by atoms with E-state index in [1.165, 1.54) is 17.3 Å². The molecule has 0 spiro atoms. The molecule has 2 saturated heterocycles. The van der Waals surface area contributed by atoms with Crippen molar-refractivity contribution < 1.29 is 28.5 Å². The smallest absolute Gasteiger partial charge is 0.338 e. The summed E-state index contributed by atoms with van der Waals surface area (Å²) in [5, 5.41) is -0.0231. The van der Waals surface area contributed by atoms with Gasteiger partial charge in [0, 0.05) is 32.2 Å². The van der Waals surface area contributed by atoms with Crippen molar-refractivity contribution in [2.75, 3.05) is 20.0 Å². The number of carbonyl (C=O) groups excluding carboxylic acids is 2. The van der Waals surface area contributed by atoms with E-state index in [1.54, 1.807) is 26.4 Å².